The van der Waals surface area contributed by atoms with Crippen LogP contribution in [0.4, 0.5) is 8.78 Å². The van der Waals surface area contributed by atoms with E-state index in [4.69, 9.17) is 22.2 Å². The highest BCUT2D eigenvalue weighted by Crippen LogP contribution is 2.54. The number of hydrogen-bond acceptors (Lipinski definition) is 5. The maximum absolute atomic E-state index is 14.9. The second-order valence-corrected chi connectivity index (χ2v) is 9.48. The molecular formula is C18H17ClF2N2O3S. The smallest absolute Gasteiger partial charge is 0.188 e. The van der Waals surface area contributed by atoms with Crippen LogP contribution < -0.4 is 10.6 Å². The minimum Gasteiger partial charge on any atom is -0.490 e. The van der Waals surface area contributed by atoms with Gasteiger partial charge in [-0.1, -0.05) is 11.6 Å². The Morgan fingerprint density at radius 3 is 2.52 bits per heavy atom. The third-order valence-corrected chi connectivity index (χ3v) is 8.24. The van der Waals surface area contributed by atoms with E-state index in [0.29, 0.717) is 5.02 Å². The van der Waals surface area contributed by atoms with Gasteiger partial charge in [0.25, 0.3) is 0 Å². The molecule has 144 valence electrons. The van der Waals surface area contributed by atoms with Crippen molar-refractivity contribution >= 4 is 21.4 Å². The van der Waals surface area contributed by atoms with Crippen molar-refractivity contribution in [2.75, 3.05) is 19.7 Å². The molecule has 2 aromatic carbocycles. The molecule has 5 nitrogen and oxygen atoms in total. The van der Waals surface area contributed by atoms with Crippen LogP contribution >= 0.6 is 11.6 Å². The number of nitrogens with zero attached hydrogens (tertiary/aromatic N) is 1. The lowest BCUT2D eigenvalue weighted by Crippen LogP contribution is -2.59. The zero-order chi connectivity index (χ0) is 19.4. The molecule has 0 amide bonds. The average Bonchev–Trinajstić information content (AvgIpc) is 2.64. The van der Waals surface area contributed by atoms with E-state index in [1.54, 1.807) is 0 Å². The summed E-state index contributed by atoms with van der Waals surface area (Å²) in [6, 6.07) is 7.55. The van der Waals surface area contributed by atoms with E-state index in [9.17, 15) is 17.2 Å². The molecule has 27 heavy (non-hydrogen) atoms. The fraction of sp³-hybridized carbons (Fsp3) is 0.333. The minimum atomic E-state index is -4.10. The first-order chi connectivity index (χ1) is 12.8. The lowest BCUT2D eigenvalue weighted by molar-refractivity contribution is 0.0690. The third kappa shape index (κ3) is 2.66. The zero-order valence-electron chi connectivity index (χ0n) is 14.2. The quantitative estimate of drug-likeness (QED) is 0.765. The number of ether oxygens (including phenoxy) is 1. The van der Waals surface area contributed by atoms with Crippen molar-refractivity contribution in [3.63, 3.8) is 0 Å². The third-order valence-electron chi connectivity index (χ3n) is 5.40. The number of benzene rings is 2. The summed E-state index contributed by atoms with van der Waals surface area (Å²) in [5.41, 5.74) is -0.248. The van der Waals surface area contributed by atoms with Crippen molar-refractivity contribution in [1.29, 1.82) is 0 Å². The molecule has 2 aliphatic heterocycles. The summed E-state index contributed by atoms with van der Waals surface area (Å²) in [6.07, 6.45) is 0.0237. The summed E-state index contributed by atoms with van der Waals surface area (Å²) >= 11 is 5.88. The molecular weight excluding hydrogens is 398 g/mol. The highest BCUT2D eigenvalue weighted by Gasteiger charge is 2.59. The highest BCUT2D eigenvalue weighted by molar-refractivity contribution is 7.92. The van der Waals surface area contributed by atoms with Crippen LogP contribution in [0.3, 0.4) is 0 Å². The van der Waals surface area contributed by atoms with Crippen molar-refractivity contribution in [2.24, 2.45) is 11.8 Å². The summed E-state index contributed by atoms with van der Waals surface area (Å²) in [7, 11) is -4.10. The van der Waals surface area contributed by atoms with Crippen molar-refractivity contribution in [1.82, 2.24) is 5.01 Å². The van der Waals surface area contributed by atoms with Gasteiger partial charge in [0.1, 0.15) is 10.6 Å². The molecule has 2 heterocycles. The van der Waals surface area contributed by atoms with E-state index in [0.717, 1.165) is 12.1 Å². The molecule has 0 aromatic heterocycles. The fourth-order valence-corrected chi connectivity index (χ4v) is 6.56. The molecule has 2 aliphatic rings. The van der Waals surface area contributed by atoms with E-state index >= 15 is 0 Å². The lowest BCUT2D eigenvalue weighted by Gasteiger charge is -2.49. The van der Waals surface area contributed by atoms with Crippen LogP contribution in [-0.4, -0.2) is 33.1 Å². The van der Waals surface area contributed by atoms with Crippen LogP contribution in [0.25, 0.3) is 0 Å². The van der Waals surface area contributed by atoms with E-state index in [1.807, 2.05) is 0 Å². The van der Waals surface area contributed by atoms with Crippen molar-refractivity contribution in [2.45, 2.75) is 16.1 Å². The van der Waals surface area contributed by atoms with E-state index in [2.05, 4.69) is 0 Å². The van der Waals surface area contributed by atoms with E-state index in [-0.39, 0.29) is 42.3 Å². The first-order valence-corrected chi connectivity index (χ1v) is 10.2. The Morgan fingerprint density at radius 2 is 1.81 bits per heavy atom. The monoisotopic (exact) mass is 414 g/mol. The summed E-state index contributed by atoms with van der Waals surface area (Å²) in [5, 5.41) is 1.86. The predicted molar refractivity (Wildman–Crippen MR) is 96.0 cm³/mol. The SMILES string of the molecule is NN1CC[C@@]2(S(=O)(=O)c3ccc(Cl)cc3)c3c(F)ccc(F)c3OCC2C1. The molecule has 0 saturated carbocycles. The van der Waals surface area contributed by atoms with Crippen LogP contribution in [-0.2, 0) is 14.6 Å². The number of hydrogen-bond donors (Lipinski definition) is 1. The molecule has 1 fully saturated rings. The Balaban J connectivity index is 2.02. The maximum Gasteiger partial charge on any atom is 0.188 e. The second kappa shape index (κ2) is 6.41. The van der Waals surface area contributed by atoms with Gasteiger partial charge in [0, 0.05) is 24.0 Å². The number of nitrogens with two attached hydrogens (primary N) is 1. The molecule has 2 atom stereocenters. The Kier molecular flexibility index (Phi) is 4.42. The number of piperidine rings is 1. The molecule has 0 aliphatic carbocycles. The highest BCUT2D eigenvalue weighted by atomic mass is 35.5. The molecule has 2 N–H and O–H groups in total. The van der Waals surface area contributed by atoms with Crippen molar-refractivity contribution < 1.29 is 21.9 Å². The largest absolute Gasteiger partial charge is 0.490 e. The predicted octanol–water partition coefficient (Wildman–Crippen LogP) is 2.88. The van der Waals surface area contributed by atoms with Crippen molar-refractivity contribution in [3.05, 3.63) is 58.6 Å². The molecule has 2 aromatic rings. The van der Waals surface area contributed by atoms with Gasteiger partial charge in [0.2, 0.25) is 0 Å². The summed E-state index contributed by atoms with van der Waals surface area (Å²) in [6.45, 7) is 0.328. The van der Waals surface area contributed by atoms with Gasteiger partial charge in [0.15, 0.2) is 21.4 Å². The van der Waals surface area contributed by atoms with Gasteiger partial charge in [-0.25, -0.2) is 22.2 Å². The standard InChI is InChI=1S/C18H17ClF2N2O3S/c19-12-1-3-13(4-2-12)27(24,25)18-7-8-23(22)9-11(18)10-26-17-15(21)6-5-14(20)16(17)18/h1-6,11H,7-10,22H2/t11?,18-/m0/s1. The number of hydrazine groups is 1. The molecule has 1 unspecified atom stereocenters. The second-order valence-electron chi connectivity index (χ2n) is 6.83. The Labute approximate surface area is 160 Å². The molecule has 0 radical (unpaired) electrons. The van der Waals surface area contributed by atoms with Gasteiger partial charge in [-0.15, -0.1) is 0 Å². The Bertz CT molecular complexity index is 1000. The van der Waals surface area contributed by atoms with Gasteiger partial charge in [-0.2, -0.15) is 0 Å². The van der Waals surface area contributed by atoms with Gasteiger partial charge >= 0.3 is 0 Å². The molecule has 0 spiro atoms. The van der Waals surface area contributed by atoms with E-state index in [1.165, 1.54) is 29.3 Å². The first kappa shape index (κ1) is 18.6. The first-order valence-electron chi connectivity index (χ1n) is 8.38. The van der Waals surface area contributed by atoms with Crippen LogP contribution in [0.2, 0.25) is 5.02 Å². The summed E-state index contributed by atoms with van der Waals surface area (Å²) in [5.74, 6) is 3.30. The Hall–Kier alpha value is -1.74. The van der Waals surface area contributed by atoms with Crippen molar-refractivity contribution in [3.8, 4) is 5.75 Å². The van der Waals surface area contributed by atoms with E-state index < -0.39 is 32.1 Å². The zero-order valence-corrected chi connectivity index (χ0v) is 15.7. The van der Waals surface area contributed by atoms with Crippen LogP contribution in [0, 0.1) is 17.6 Å². The van der Waals surface area contributed by atoms with Crippen LogP contribution in [0.15, 0.2) is 41.3 Å². The molecule has 9 heteroatoms. The summed E-state index contributed by atoms with van der Waals surface area (Å²) in [4.78, 5) is -0.00103. The lowest BCUT2D eigenvalue weighted by atomic mass is 9.78. The molecule has 4 rings (SSSR count). The molecule has 1 saturated heterocycles. The molecule has 0 bridgehead atoms. The van der Waals surface area contributed by atoms with Gasteiger partial charge in [0.05, 0.1) is 17.1 Å². The number of sulfone groups is 1. The topological polar surface area (TPSA) is 72.6 Å². The van der Waals surface area contributed by atoms with Gasteiger partial charge in [-0.05, 0) is 42.8 Å². The summed E-state index contributed by atoms with van der Waals surface area (Å²) < 4.78 is 60.5. The number of rotatable bonds is 2. The fourth-order valence-electron chi connectivity index (χ4n) is 4.12. The maximum atomic E-state index is 14.9. The normalized spacial score (nSPS) is 25.4. The van der Waals surface area contributed by atoms with Gasteiger partial charge < -0.3 is 4.74 Å². The van der Waals surface area contributed by atoms with Crippen LogP contribution in [0.5, 0.6) is 5.75 Å². The number of fused-ring (bicyclic) bond motifs is 3. The average molecular weight is 415 g/mol. The Morgan fingerprint density at radius 1 is 1.15 bits per heavy atom. The van der Waals surface area contributed by atoms with Gasteiger partial charge in [-0.3, -0.25) is 5.84 Å². The van der Waals surface area contributed by atoms with Crippen LogP contribution in [0.1, 0.15) is 12.0 Å². The number of halogens is 3. The minimum absolute atomic E-state index is 0.00103.